The minimum Gasteiger partial charge on any atom is -0.366 e. The molecular formula is C24H28N6O2. The number of nitrogens with zero attached hydrogens (tertiary/aromatic N) is 5. The lowest BCUT2D eigenvalue weighted by atomic mass is 9.78. The Kier molecular flexibility index (Phi) is 5.61. The maximum absolute atomic E-state index is 12.7. The van der Waals surface area contributed by atoms with Crippen LogP contribution < -0.4 is 10.2 Å². The van der Waals surface area contributed by atoms with Gasteiger partial charge in [-0.3, -0.25) is 9.48 Å². The molecule has 3 aromatic rings. The summed E-state index contributed by atoms with van der Waals surface area (Å²) in [5.74, 6) is 0.765. The summed E-state index contributed by atoms with van der Waals surface area (Å²) < 4.78 is 8.44. The number of fused-ring (bicyclic) bond motifs is 2. The molecule has 8 heteroatoms. The lowest BCUT2D eigenvalue weighted by Gasteiger charge is -2.47. The molecule has 166 valence electrons. The van der Waals surface area contributed by atoms with E-state index in [9.17, 15) is 4.79 Å². The monoisotopic (exact) mass is 432 g/mol. The standard InChI is InChI=1S/C24H28N6O2/c1-29-17-18(16-28-29)15-27-22(31)14-20-13-19-5-2-3-6-21(19)24(32-20)7-11-30(12-8-24)23-25-9-4-10-26-23/h2-6,9-10,16-17,20H,7-8,11-15H2,1H3,(H,27,31). The summed E-state index contributed by atoms with van der Waals surface area (Å²) in [5.41, 5.74) is 3.17. The van der Waals surface area contributed by atoms with Crippen LogP contribution in [0.2, 0.25) is 0 Å². The predicted octanol–water partition coefficient (Wildman–Crippen LogP) is 2.35. The fourth-order valence-corrected chi connectivity index (χ4v) is 4.88. The van der Waals surface area contributed by atoms with E-state index in [0.29, 0.717) is 13.0 Å². The van der Waals surface area contributed by atoms with E-state index in [4.69, 9.17) is 4.74 Å². The molecule has 0 aliphatic carbocycles. The Morgan fingerprint density at radius 2 is 1.97 bits per heavy atom. The number of piperidine rings is 1. The SMILES string of the molecule is Cn1cc(CNC(=O)CC2Cc3ccccc3C3(CCN(c4ncccn4)CC3)O2)cn1. The summed E-state index contributed by atoms with van der Waals surface area (Å²) in [5, 5.41) is 7.15. The van der Waals surface area contributed by atoms with E-state index < -0.39 is 0 Å². The third kappa shape index (κ3) is 4.23. The quantitative estimate of drug-likeness (QED) is 0.666. The number of aryl methyl sites for hydroxylation is 1. The van der Waals surface area contributed by atoms with Crippen LogP contribution >= 0.6 is 0 Å². The second-order valence-corrected chi connectivity index (χ2v) is 8.63. The average molecular weight is 433 g/mol. The van der Waals surface area contributed by atoms with Crippen molar-refractivity contribution >= 4 is 11.9 Å². The van der Waals surface area contributed by atoms with Gasteiger partial charge in [0.1, 0.15) is 0 Å². The second-order valence-electron chi connectivity index (χ2n) is 8.63. The van der Waals surface area contributed by atoms with Gasteiger partial charge in [0.05, 0.1) is 24.3 Å². The van der Waals surface area contributed by atoms with Crippen molar-refractivity contribution in [2.24, 2.45) is 7.05 Å². The van der Waals surface area contributed by atoms with Crippen LogP contribution in [0.3, 0.4) is 0 Å². The summed E-state index contributed by atoms with van der Waals surface area (Å²) >= 11 is 0. The highest BCUT2D eigenvalue weighted by Crippen LogP contribution is 2.44. The molecule has 32 heavy (non-hydrogen) atoms. The highest BCUT2D eigenvalue weighted by molar-refractivity contribution is 5.76. The molecule has 0 bridgehead atoms. The molecule has 8 nitrogen and oxygen atoms in total. The predicted molar refractivity (Wildman–Crippen MR) is 120 cm³/mol. The molecule has 2 aromatic heterocycles. The summed E-state index contributed by atoms with van der Waals surface area (Å²) in [6, 6.07) is 10.3. The molecule has 0 saturated carbocycles. The summed E-state index contributed by atoms with van der Waals surface area (Å²) in [6.07, 6.45) is 9.88. The molecule has 1 fully saturated rings. The van der Waals surface area contributed by atoms with Crippen LogP contribution in [0, 0.1) is 0 Å². The fraction of sp³-hybridized carbons (Fsp3) is 0.417. The van der Waals surface area contributed by atoms with E-state index in [1.807, 2.05) is 19.3 Å². The number of ether oxygens (including phenoxy) is 1. The van der Waals surface area contributed by atoms with Crippen LogP contribution in [0.1, 0.15) is 36.0 Å². The van der Waals surface area contributed by atoms with Crippen LogP contribution in [0.4, 0.5) is 5.95 Å². The number of amides is 1. The molecule has 4 heterocycles. The van der Waals surface area contributed by atoms with Gasteiger partial charge in [0.2, 0.25) is 11.9 Å². The second kappa shape index (κ2) is 8.70. The zero-order chi connectivity index (χ0) is 22.0. The number of carbonyl (C=O) groups is 1. The van der Waals surface area contributed by atoms with E-state index in [1.54, 1.807) is 23.3 Å². The van der Waals surface area contributed by atoms with Crippen molar-refractivity contribution in [1.82, 2.24) is 25.1 Å². The molecule has 1 spiro atoms. The van der Waals surface area contributed by atoms with Gasteiger partial charge in [0, 0.05) is 50.8 Å². The molecule has 1 unspecified atom stereocenters. The number of nitrogens with one attached hydrogen (secondary N) is 1. The Morgan fingerprint density at radius 3 is 2.72 bits per heavy atom. The van der Waals surface area contributed by atoms with Crippen LogP contribution in [-0.2, 0) is 35.1 Å². The van der Waals surface area contributed by atoms with Gasteiger partial charge >= 0.3 is 0 Å². The summed E-state index contributed by atoms with van der Waals surface area (Å²) in [7, 11) is 1.87. The topological polar surface area (TPSA) is 85.2 Å². The van der Waals surface area contributed by atoms with E-state index >= 15 is 0 Å². The normalized spacial score (nSPS) is 19.5. The smallest absolute Gasteiger partial charge is 0.225 e. The molecule has 1 saturated heterocycles. The average Bonchev–Trinajstić information content (AvgIpc) is 3.24. The highest BCUT2D eigenvalue weighted by Gasteiger charge is 2.44. The van der Waals surface area contributed by atoms with Crippen LogP contribution in [0.5, 0.6) is 0 Å². The lowest BCUT2D eigenvalue weighted by molar-refractivity contribution is -0.141. The lowest BCUT2D eigenvalue weighted by Crippen LogP contribution is -2.50. The third-order valence-corrected chi connectivity index (χ3v) is 6.42. The van der Waals surface area contributed by atoms with Gasteiger partial charge in [-0.25, -0.2) is 9.97 Å². The van der Waals surface area contributed by atoms with E-state index in [2.05, 4.69) is 49.5 Å². The van der Waals surface area contributed by atoms with Gasteiger partial charge in [-0.1, -0.05) is 24.3 Å². The van der Waals surface area contributed by atoms with Gasteiger partial charge in [0.25, 0.3) is 0 Å². The maximum Gasteiger partial charge on any atom is 0.225 e. The van der Waals surface area contributed by atoms with Crippen molar-refractivity contribution in [3.63, 3.8) is 0 Å². The summed E-state index contributed by atoms with van der Waals surface area (Å²) in [4.78, 5) is 23.7. The Hall–Kier alpha value is -3.26. The molecule has 1 N–H and O–H groups in total. The number of aromatic nitrogens is 4. The highest BCUT2D eigenvalue weighted by atomic mass is 16.5. The molecule has 1 aromatic carbocycles. The zero-order valence-corrected chi connectivity index (χ0v) is 18.3. The Bertz CT molecular complexity index is 1070. The largest absolute Gasteiger partial charge is 0.366 e. The fourth-order valence-electron chi connectivity index (χ4n) is 4.88. The van der Waals surface area contributed by atoms with Gasteiger partial charge in [-0.15, -0.1) is 0 Å². The molecule has 1 amide bonds. The molecule has 5 rings (SSSR count). The Balaban J connectivity index is 1.27. The Labute approximate surface area is 187 Å². The minimum absolute atomic E-state index is 0.00325. The van der Waals surface area contributed by atoms with E-state index in [0.717, 1.165) is 43.9 Å². The van der Waals surface area contributed by atoms with Crippen LogP contribution in [0.15, 0.2) is 55.1 Å². The first-order chi connectivity index (χ1) is 15.6. The van der Waals surface area contributed by atoms with Gasteiger partial charge in [-0.2, -0.15) is 5.10 Å². The molecular weight excluding hydrogens is 404 g/mol. The number of rotatable bonds is 5. The van der Waals surface area contributed by atoms with Crippen LogP contribution in [-0.4, -0.2) is 44.8 Å². The van der Waals surface area contributed by atoms with Crippen molar-refractivity contribution in [3.05, 3.63) is 71.8 Å². The first-order valence-corrected chi connectivity index (χ1v) is 11.1. The van der Waals surface area contributed by atoms with Crippen molar-refractivity contribution in [2.45, 2.75) is 43.9 Å². The minimum atomic E-state index is -0.367. The summed E-state index contributed by atoms with van der Waals surface area (Å²) in [6.45, 7) is 2.11. The first-order valence-electron chi connectivity index (χ1n) is 11.1. The number of hydrogen-bond acceptors (Lipinski definition) is 6. The number of anilines is 1. The first kappa shape index (κ1) is 20.6. The number of benzene rings is 1. The number of hydrogen-bond donors (Lipinski definition) is 1. The zero-order valence-electron chi connectivity index (χ0n) is 18.3. The molecule has 0 radical (unpaired) electrons. The third-order valence-electron chi connectivity index (χ3n) is 6.42. The van der Waals surface area contributed by atoms with E-state index in [-0.39, 0.29) is 17.6 Å². The van der Waals surface area contributed by atoms with Gasteiger partial charge in [0.15, 0.2) is 0 Å². The maximum atomic E-state index is 12.7. The molecule has 2 aliphatic rings. The number of carbonyl (C=O) groups excluding carboxylic acids is 1. The van der Waals surface area contributed by atoms with Crippen molar-refractivity contribution in [1.29, 1.82) is 0 Å². The molecule has 1 atom stereocenters. The van der Waals surface area contributed by atoms with Gasteiger partial charge in [-0.05, 0) is 36.5 Å². The van der Waals surface area contributed by atoms with Crippen LogP contribution in [0.25, 0.3) is 0 Å². The van der Waals surface area contributed by atoms with Gasteiger partial charge < -0.3 is 15.0 Å². The van der Waals surface area contributed by atoms with Crippen molar-refractivity contribution in [2.75, 3.05) is 18.0 Å². The molecule has 2 aliphatic heterocycles. The van der Waals surface area contributed by atoms with Crippen molar-refractivity contribution < 1.29 is 9.53 Å². The Morgan fingerprint density at radius 1 is 1.19 bits per heavy atom. The van der Waals surface area contributed by atoms with Crippen molar-refractivity contribution in [3.8, 4) is 0 Å². The van der Waals surface area contributed by atoms with E-state index in [1.165, 1.54) is 11.1 Å².